The molecular formula is C10H7BrF6O. The average molecular weight is 337 g/mol. The molecule has 0 aliphatic heterocycles. The molecule has 0 heterocycles. The molecular weight excluding hydrogens is 330 g/mol. The highest BCUT2D eigenvalue weighted by atomic mass is 79.9. The lowest BCUT2D eigenvalue weighted by Crippen LogP contribution is -2.45. The highest BCUT2D eigenvalue weighted by molar-refractivity contribution is 9.10. The topological polar surface area (TPSA) is 9.23 Å². The summed E-state index contributed by atoms with van der Waals surface area (Å²) in [7, 11) is 0. The summed E-state index contributed by atoms with van der Waals surface area (Å²) < 4.78 is 78.1. The van der Waals surface area contributed by atoms with Crippen LogP contribution in [0.4, 0.5) is 26.3 Å². The minimum absolute atomic E-state index is 0.329. The number of benzene rings is 1. The Labute approximate surface area is 107 Å². The third-order valence-electron chi connectivity index (χ3n) is 1.85. The van der Waals surface area contributed by atoms with Crippen LogP contribution < -0.4 is 4.74 Å². The maximum atomic E-state index is 12.9. The van der Waals surface area contributed by atoms with Crippen molar-refractivity contribution in [2.45, 2.75) is 25.4 Å². The summed E-state index contributed by atoms with van der Waals surface area (Å²) in [6.07, 6.45) is -15.1. The molecule has 1 aromatic rings. The van der Waals surface area contributed by atoms with E-state index < -0.39 is 24.2 Å². The molecule has 0 aromatic heterocycles. The van der Waals surface area contributed by atoms with E-state index in [0.29, 0.717) is 10.0 Å². The summed E-state index contributed by atoms with van der Waals surface area (Å²) >= 11 is 2.96. The Bertz CT molecular complexity index is 411. The molecule has 1 nitrogen and oxygen atoms in total. The summed E-state index contributed by atoms with van der Waals surface area (Å²) in [6, 6.07) is 3.62. The Morgan fingerprint density at radius 1 is 1.11 bits per heavy atom. The van der Waals surface area contributed by atoms with Crippen molar-refractivity contribution in [1.29, 1.82) is 0 Å². The van der Waals surface area contributed by atoms with Crippen LogP contribution >= 0.6 is 15.9 Å². The summed E-state index contributed by atoms with van der Waals surface area (Å²) in [6.45, 7) is 1.52. The van der Waals surface area contributed by atoms with E-state index in [1.807, 2.05) is 0 Å². The molecule has 0 amide bonds. The molecule has 0 bridgehead atoms. The molecule has 1 aromatic carbocycles. The van der Waals surface area contributed by atoms with Gasteiger partial charge in [-0.05, 0) is 30.7 Å². The van der Waals surface area contributed by atoms with Gasteiger partial charge in [-0.15, -0.1) is 0 Å². The second-order valence-corrected chi connectivity index (χ2v) is 4.45. The van der Waals surface area contributed by atoms with Gasteiger partial charge in [-0.1, -0.05) is 15.9 Å². The molecule has 102 valence electrons. The predicted octanol–water partition coefficient (Wildman–Crippen LogP) is 4.63. The maximum Gasteiger partial charge on any atom is 0.439 e. The molecule has 0 N–H and O–H groups in total. The number of rotatable bonds is 3. The van der Waals surface area contributed by atoms with E-state index in [2.05, 4.69) is 20.7 Å². The van der Waals surface area contributed by atoms with Crippen LogP contribution in [-0.4, -0.2) is 18.5 Å². The number of hydrogen-bond acceptors (Lipinski definition) is 1. The van der Waals surface area contributed by atoms with Gasteiger partial charge in [0, 0.05) is 4.47 Å². The molecule has 0 spiro atoms. The van der Waals surface area contributed by atoms with E-state index in [1.54, 1.807) is 0 Å². The van der Waals surface area contributed by atoms with Crippen molar-refractivity contribution in [2.75, 3.05) is 0 Å². The van der Waals surface area contributed by atoms with Crippen LogP contribution in [-0.2, 0) is 0 Å². The molecule has 0 aliphatic rings. The van der Waals surface area contributed by atoms with E-state index in [0.717, 1.165) is 12.1 Å². The van der Waals surface area contributed by atoms with E-state index >= 15 is 0 Å². The van der Waals surface area contributed by atoms with Crippen molar-refractivity contribution in [3.05, 3.63) is 28.2 Å². The Morgan fingerprint density at radius 2 is 1.67 bits per heavy atom. The van der Waals surface area contributed by atoms with Crippen molar-refractivity contribution in [1.82, 2.24) is 0 Å². The van der Waals surface area contributed by atoms with Crippen LogP contribution in [0.5, 0.6) is 5.75 Å². The number of ether oxygens (including phenoxy) is 1. The molecule has 8 heteroatoms. The molecule has 0 radical (unpaired) electrons. The minimum atomic E-state index is -5.69. The lowest BCUT2D eigenvalue weighted by molar-refractivity contribution is -0.304. The lowest BCUT2D eigenvalue weighted by Gasteiger charge is -2.23. The second kappa shape index (κ2) is 4.99. The Hall–Kier alpha value is -0.920. The third-order valence-corrected chi connectivity index (χ3v) is 2.31. The zero-order valence-electron chi connectivity index (χ0n) is 8.86. The van der Waals surface area contributed by atoms with Gasteiger partial charge in [-0.2, -0.15) is 22.0 Å². The first-order valence-electron chi connectivity index (χ1n) is 4.57. The zero-order chi connectivity index (χ0) is 14.1. The average Bonchev–Trinajstić information content (AvgIpc) is 2.12. The van der Waals surface area contributed by atoms with Crippen LogP contribution in [0.2, 0.25) is 0 Å². The molecule has 18 heavy (non-hydrogen) atoms. The fourth-order valence-electron chi connectivity index (χ4n) is 1.16. The molecule has 1 unspecified atom stereocenters. The first-order valence-corrected chi connectivity index (χ1v) is 5.36. The van der Waals surface area contributed by atoms with Gasteiger partial charge < -0.3 is 4.74 Å². The first-order chi connectivity index (χ1) is 8.02. The molecule has 0 fully saturated rings. The number of aryl methyl sites for hydroxylation is 1. The highest BCUT2D eigenvalue weighted by Crippen LogP contribution is 2.37. The zero-order valence-corrected chi connectivity index (χ0v) is 10.4. The minimum Gasteiger partial charge on any atom is -0.430 e. The van der Waals surface area contributed by atoms with Crippen molar-refractivity contribution < 1.29 is 31.1 Å². The quantitative estimate of drug-likeness (QED) is 0.731. The fourth-order valence-corrected chi connectivity index (χ4v) is 1.75. The monoisotopic (exact) mass is 336 g/mol. The Kier molecular flexibility index (Phi) is 4.19. The van der Waals surface area contributed by atoms with Crippen molar-refractivity contribution in [2.24, 2.45) is 0 Å². The summed E-state index contributed by atoms with van der Waals surface area (Å²) in [5.41, 5.74) is 0.470. The van der Waals surface area contributed by atoms with E-state index in [1.165, 1.54) is 13.0 Å². The Balaban J connectivity index is 2.95. The van der Waals surface area contributed by atoms with Crippen LogP contribution in [0, 0.1) is 6.92 Å². The van der Waals surface area contributed by atoms with E-state index in [-0.39, 0.29) is 0 Å². The first kappa shape index (κ1) is 15.1. The number of hydrogen-bond donors (Lipinski definition) is 0. The number of alkyl halides is 6. The van der Waals surface area contributed by atoms with Crippen LogP contribution in [0.15, 0.2) is 22.7 Å². The van der Waals surface area contributed by atoms with E-state index in [9.17, 15) is 26.3 Å². The summed E-state index contributed by atoms with van der Waals surface area (Å²) in [5, 5.41) is 0. The van der Waals surface area contributed by atoms with E-state index in [4.69, 9.17) is 0 Å². The van der Waals surface area contributed by atoms with Gasteiger partial charge in [0.25, 0.3) is 6.17 Å². The van der Waals surface area contributed by atoms with Crippen LogP contribution in [0.25, 0.3) is 0 Å². The van der Waals surface area contributed by atoms with Gasteiger partial charge >= 0.3 is 12.3 Å². The molecule has 0 saturated heterocycles. The summed E-state index contributed by atoms with van der Waals surface area (Å²) in [4.78, 5) is 0. The third kappa shape index (κ3) is 3.79. The van der Waals surface area contributed by atoms with Gasteiger partial charge in [-0.25, -0.2) is 4.39 Å². The fraction of sp³-hybridized carbons (Fsp3) is 0.400. The second-order valence-electron chi connectivity index (χ2n) is 3.53. The molecule has 0 saturated carbocycles. The SMILES string of the molecule is Cc1cc(Br)cc(OC(F)(F)C(F)C(F)(F)F)c1. The summed E-state index contributed by atoms with van der Waals surface area (Å²) in [5.74, 6) is -0.557. The predicted molar refractivity (Wildman–Crippen MR) is 55.4 cm³/mol. The van der Waals surface area contributed by atoms with Crippen molar-refractivity contribution in [3.8, 4) is 5.75 Å². The highest BCUT2D eigenvalue weighted by Gasteiger charge is 2.59. The van der Waals surface area contributed by atoms with Crippen LogP contribution in [0.1, 0.15) is 5.56 Å². The van der Waals surface area contributed by atoms with Gasteiger partial charge in [0.15, 0.2) is 0 Å². The standard InChI is InChI=1S/C10H7BrF6O/c1-5-2-6(11)4-7(3-5)18-10(16,17)8(12)9(13,14)15/h2-4,8H,1H3. The lowest BCUT2D eigenvalue weighted by atomic mass is 10.2. The van der Waals surface area contributed by atoms with Gasteiger partial charge in [0.05, 0.1) is 0 Å². The van der Waals surface area contributed by atoms with Crippen LogP contribution in [0.3, 0.4) is 0 Å². The largest absolute Gasteiger partial charge is 0.439 e. The van der Waals surface area contributed by atoms with Gasteiger partial charge in [0.2, 0.25) is 0 Å². The molecule has 0 aliphatic carbocycles. The molecule has 1 atom stereocenters. The van der Waals surface area contributed by atoms with Crippen molar-refractivity contribution >= 4 is 15.9 Å². The smallest absolute Gasteiger partial charge is 0.430 e. The normalized spacial score (nSPS) is 14.4. The van der Waals surface area contributed by atoms with Gasteiger partial charge in [-0.3, -0.25) is 0 Å². The Morgan fingerprint density at radius 3 is 2.11 bits per heavy atom. The molecule has 1 rings (SSSR count). The van der Waals surface area contributed by atoms with Crippen molar-refractivity contribution in [3.63, 3.8) is 0 Å². The van der Waals surface area contributed by atoms with Gasteiger partial charge in [0.1, 0.15) is 5.75 Å². The maximum absolute atomic E-state index is 12.9. The number of halogens is 7.